The van der Waals surface area contributed by atoms with E-state index in [0.29, 0.717) is 22.0 Å². The molecule has 0 aliphatic heterocycles. The molecule has 0 heterocycles. The first-order valence-electron chi connectivity index (χ1n) is 6.11. The Kier molecular flexibility index (Phi) is 5.00. The molecule has 1 N–H and O–H groups in total. The van der Waals surface area contributed by atoms with Gasteiger partial charge in [-0.3, -0.25) is 5.32 Å². The number of benzene rings is 2. The van der Waals surface area contributed by atoms with Gasteiger partial charge in [0, 0.05) is 11.3 Å². The van der Waals surface area contributed by atoms with E-state index in [9.17, 15) is 9.18 Å². The Morgan fingerprint density at radius 2 is 1.95 bits per heavy atom. The summed E-state index contributed by atoms with van der Waals surface area (Å²) in [5, 5.41) is 2.83. The standard InChI is InChI=1S/C15H13ClFNO3/c1-20-15(19)18-10-5-7-11(8-6-10)21-9-12-13(16)3-2-4-14(12)17/h2-8H,9H2,1H3,(H,18,19). The summed E-state index contributed by atoms with van der Waals surface area (Å²) in [4.78, 5) is 11.0. The maximum atomic E-state index is 13.6. The number of hydrogen-bond donors (Lipinski definition) is 1. The number of nitrogens with one attached hydrogen (secondary N) is 1. The van der Waals surface area contributed by atoms with Crippen LogP contribution in [0, 0.1) is 5.82 Å². The normalized spacial score (nSPS) is 10.0. The van der Waals surface area contributed by atoms with Crippen molar-refractivity contribution in [2.75, 3.05) is 12.4 Å². The van der Waals surface area contributed by atoms with Crippen LogP contribution in [0.4, 0.5) is 14.9 Å². The van der Waals surface area contributed by atoms with Crippen LogP contribution in [-0.4, -0.2) is 13.2 Å². The molecule has 0 radical (unpaired) electrons. The summed E-state index contributed by atoms with van der Waals surface area (Å²) in [6.07, 6.45) is -0.554. The van der Waals surface area contributed by atoms with Gasteiger partial charge in [-0.05, 0) is 36.4 Å². The van der Waals surface area contributed by atoms with E-state index in [0.717, 1.165) is 0 Å². The smallest absolute Gasteiger partial charge is 0.411 e. The summed E-state index contributed by atoms with van der Waals surface area (Å²) in [5.41, 5.74) is 0.869. The topological polar surface area (TPSA) is 47.6 Å². The molecule has 0 spiro atoms. The second-order valence-corrected chi connectivity index (χ2v) is 4.54. The lowest BCUT2D eigenvalue weighted by atomic mass is 10.2. The van der Waals surface area contributed by atoms with Gasteiger partial charge in [0.05, 0.1) is 12.1 Å². The molecular formula is C15H13ClFNO3. The van der Waals surface area contributed by atoms with Gasteiger partial charge >= 0.3 is 6.09 Å². The summed E-state index contributed by atoms with van der Waals surface area (Å²) in [7, 11) is 1.28. The third-order valence-corrected chi connectivity index (χ3v) is 3.09. The van der Waals surface area contributed by atoms with Gasteiger partial charge in [0.15, 0.2) is 0 Å². The van der Waals surface area contributed by atoms with Crippen molar-refractivity contribution in [2.45, 2.75) is 6.61 Å². The highest BCUT2D eigenvalue weighted by atomic mass is 35.5. The minimum Gasteiger partial charge on any atom is -0.489 e. The Hall–Kier alpha value is -2.27. The van der Waals surface area contributed by atoms with Crippen molar-refractivity contribution in [3.8, 4) is 5.75 Å². The zero-order valence-electron chi connectivity index (χ0n) is 11.2. The van der Waals surface area contributed by atoms with Crippen LogP contribution in [0.25, 0.3) is 0 Å². The molecule has 4 nitrogen and oxygen atoms in total. The minimum absolute atomic E-state index is 0.0231. The average Bonchev–Trinajstić information content (AvgIpc) is 2.48. The fourth-order valence-electron chi connectivity index (χ4n) is 1.63. The lowest BCUT2D eigenvalue weighted by Crippen LogP contribution is -2.10. The molecule has 2 rings (SSSR count). The lowest BCUT2D eigenvalue weighted by Gasteiger charge is -2.09. The van der Waals surface area contributed by atoms with Crippen LogP contribution in [-0.2, 0) is 11.3 Å². The molecule has 1 amide bonds. The van der Waals surface area contributed by atoms with Gasteiger partial charge < -0.3 is 9.47 Å². The first-order valence-corrected chi connectivity index (χ1v) is 6.48. The molecule has 0 aromatic heterocycles. The minimum atomic E-state index is -0.554. The van der Waals surface area contributed by atoms with Crippen LogP contribution < -0.4 is 10.1 Å². The van der Waals surface area contributed by atoms with Crippen LogP contribution in [0.5, 0.6) is 5.75 Å². The molecule has 0 unspecified atom stereocenters. The van der Waals surface area contributed by atoms with Gasteiger partial charge in [-0.2, -0.15) is 0 Å². The van der Waals surface area contributed by atoms with E-state index in [1.54, 1.807) is 30.3 Å². The molecular weight excluding hydrogens is 297 g/mol. The van der Waals surface area contributed by atoms with Crippen molar-refractivity contribution in [3.05, 3.63) is 58.9 Å². The largest absolute Gasteiger partial charge is 0.489 e. The van der Waals surface area contributed by atoms with E-state index in [-0.39, 0.29) is 6.61 Å². The van der Waals surface area contributed by atoms with Crippen molar-refractivity contribution in [2.24, 2.45) is 0 Å². The predicted molar refractivity (Wildman–Crippen MR) is 78.2 cm³/mol. The number of carbonyl (C=O) groups excluding carboxylic acids is 1. The Balaban J connectivity index is 1.99. The molecule has 0 fully saturated rings. The summed E-state index contributed by atoms with van der Waals surface area (Å²) in [6, 6.07) is 11.1. The molecule has 6 heteroatoms. The highest BCUT2D eigenvalue weighted by molar-refractivity contribution is 6.31. The van der Waals surface area contributed by atoms with E-state index in [1.165, 1.54) is 19.2 Å². The van der Waals surface area contributed by atoms with Crippen molar-refractivity contribution < 1.29 is 18.7 Å². The number of halogens is 2. The van der Waals surface area contributed by atoms with Crippen molar-refractivity contribution in [1.82, 2.24) is 0 Å². The number of methoxy groups -OCH3 is 1. The zero-order chi connectivity index (χ0) is 15.2. The van der Waals surface area contributed by atoms with Crippen LogP contribution in [0.15, 0.2) is 42.5 Å². The van der Waals surface area contributed by atoms with Crippen molar-refractivity contribution in [3.63, 3.8) is 0 Å². The summed E-state index contributed by atoms with van der Waals surface area (Å²) >= 11 is 5.91. The Morgan fingerprint density at radius 3 is 2.57 bits per heavy atom. The molecule has 2 aromatic rings. The Morgan fingerprint density at radius 1 is 1.24 bits per heavy atom. The van der Waals surface area contributed by atoms with E-state index in [4.69, 9.17) is 16.3 Å². The van der Waals surface area contributed by atoms with Crippen LogP contribution in [0.3, 0.4) is 0 Å². The van der Waals surface area contributed by atoms with Crippen molar-refractivity contribution >= 4 is 23.4 Å². The maximum Gasteiger partial charge on any atom is 0.411 e. The molecule has 0 atom stereocenters. The maximum absolute atomic E-state index is 13.6. The Labute approximate surface area is 126 Å². The highest BCUT2D eigenvalue weighted by Crippen LogP contribution is 2.22. The molecule has 0 saturated heterocycles. The van der Waals surface area contributed by atoms with Crippen LogP contribution >= 0.6 is 11.6 Å². The fourth-order valence-corrected chi connectivity index (χ4v) is 1.85. The summed E-state index contributed by atoms with van der Waals surface area (Å²) < 4.78 is 23.5. The second kappa shape index (κ2) is 6.95. The summed E-state index contributed by atoms with van der Waals surface area (Å²) in [5.74, 6) is 0.121. The molecule has 0 bridgehead atoms. The number of carbonyl (C=O) groups is 1. The van der Waals surface area contributed by atoms with Crippen LogP contribution in [0.2, 0.25) is 5.02 Å². The third kappa shape index (κ3) is 4.10. The van der Waals surface area contributed by atoms with Gasteiger partial charge in [0.2, 0.25) is 0 Å². The van der Waals surface area contributed by atoms with Crippen molar-refractivity contribution in [1.29, 1.82) is 0 Å². The first-order chi connectivity index (χ1) is 10.1. The van der Waals surface area contributed by atoms with Crippen LogP contribution in [0.1, 0.15) is 5.56 Å². The Bertz CT molecular complexity index is 611. The van der Waals surface area contributed by atoms with Gasteiger partial charge in [-0.15, -0.1) is 0 Å². The molecule has 0 saturated carbocycles. The molecule has 0 aliphatic rings. The lowest BCUT2D eigenvalue weighted by molar-refractivity contribution is 0.187. The number of ether oxygens (including phenoxy) is 2. The molecule has 110 valence electrons. The second-order valence-electron chi connectivity index (χ2n) is 4.13. The predicted octanol–water partition coefficient (Wildman–Crippen LogP) is 4.24. The quantitative estimate of drug-likeness (QED) is 0.919. The van der Waals surface area contributed by atoms with E-state index in [1.807, 2.05) is 0 Å². The van der Waals surface area contributed by atoms with Gasteiger partial charge in [-0.1, -0.05) is 17.7 Å². The van der Waals surface area contributed by atoms with E-state index in [2.05, 4.69) is 10.1 Å². The number of amides is 1. The number of anilines is 1. The van der Waals surface area contributed by atoms with E-state index < -0.39 is 11.9 Å². The van der Waals surface area contributed by atoms with Gasteiger partial charge in [0.25, 0.3) is 0 Å². The average molecular weight is 310 g/mol. The van der Waals surface area contributed by atoms with Gasteiger partial charge in [-0.25, -0.2) is 9.18 Å². The SMILES string of the molecule is COC(=O)Nc1ccc(OCc2c(F)cccc2Cl)cc1. The molecule has 0 aliphatic carbocycles. The fraction of sp³-hybridized carbons (Fsp3) is 0.133. The van der Waals surface area contributed by atoms with E-state index >= 15 is 0 Å². The highest BCUT2D eigenvalue weighted by Gasteiger charge is 2.08. The molecule has 21 heavy (non-hydrogen) atoms. The number of hydrogen-bond acceptors (Lipinski definition) is 3. The zero-order valence-corrected chi connectivity index (χ0v) is 12.0. The summed E-state index contributed by atoms with van der Waals surface area (Å²) in [6.45, 7) is 0.0231. The first kappa shape index (κ1) is 15.1. The third-order valence-electron chi connectivity index (χ3n) is 2.73. The molecule has 2 aromatic carbocycles. The van der Waals surface area contributed by atoms with Gasteiger partial charge in [0.1, 0.15) is 18.2 Å². The number of rotatable bonds is 4. The monoisotopic (exact) mass is 309 g/mol.